The van der Waals surface area contributed by atoms with Gasteiger partial charge in [-0.25, -0.2) is 0 Å². The van der Waals surface area contributed by atoms with Crippen molar-refractivity contribution in [2.45, 2.75) is 13.3 Å². The van der Waals surface area contributed by atoms with Crippen molar-refractivity contribution in [1.29, 1.82) is 0 Å². The van der Waals surface area contributed by atoms with Gasteiger partial charge in [0.15, 0.2) is 0 Å². The van der Waals surface area contributed by atoms with Crippen LogP contribution in [-0.2, 0) is 0 Å². The van der Waals surface area contributed by atoms with Gasteiger partial charge in [0, 0.05) is 0 Å². The molecule has 0 atom stereocenters. The van der Waals surface area contributed by atoms with E-state index in [4.69, 9.17) is 0 Å². The third-order valence-electron chi connectivity index (χ3n) is 5.28. The molecule has 0 saturated carbocycles. The minimum absolute atomic E-state index is 0.508. The van der Waals surface area contributed by atoms with Crippen LogP contribution in [0.4, 0.5) is 0 Å². The standard InChI is InChI=1S/C24H16SSe/c1-14-6-21-10-17-7-16-9-20-12-22(15-4-2-3-5-15)25-23(20)11-18(16)8-19(17)13-24(21)26-14/h2-4,6-13H,5H2,1H3. The Balaban J connectivity index is 1.61. The van der Waals surface area contributed by atoms with Crippen LogP contribution >= 0.6 is 11.3 Å². The number of rotatable bonds is 1. The summed E-state index contributed by atoms with van der Waals surface area (Å²) < 4.78 is 4.45. The van der Waals surface area contributed by atoms with Gasteiger partial charge in [0.05, 0.1) is 0 Å². The number of benzene rings is 3. The van der Waals surface area contributed by atoms with E-state index in [2.05, 4.69) is 73.7 Å². The molecule has 0 N–H and O–H groups in total. The molecule has 0 fully saturated rings. The number of fused-ring (bicyclic) bond motifs is 4. The quantitative estimate of drug-likeness (QED) is 0.203. The molecule has 0 spiro atoms. The van der Waals surface area contributed by atoms with E-state index in [1.165, 1.54) is 56.2 Å². The molecular formula is C24H16SSe. The van der Waals surface area contributed by atoms with Gasteiger partial charge in [-0.1, -0.05) is 0 Å². The van der Waals surface area contributed by atoms with Crippen LogP contribution in [0.5, 0.6) is 0 Å². The monoisotopic (exact) mass is 416 g/mol. The van der Waals surface area contributed by atoms with Crippen molar-refractivity contribution in [3.05, 3.63) is 76.1 Å². The summed E-state index contributed by atoms with van der Waals surface area (Å²) in [6, 6.07) is 19.0. The second-order valence-corrected chi connectivity index (χ2v) is 10.9. The molecule has 0 saturated heterocycles. The number of hydrogen-bond donors (Lipinski definition) is 0. The third kappa shape index (κ3) is 2.27. The van der Waals surface area contributed by atoms with Crippen molar-refractivity contribution in [1.82, 2.24) is 0 Å². The summed E-state index contributed by atoms with van der Waals surface area (Å²) in [7, 11) is 0. The zero-order chi connectivity index (χ0) is 17.3. The number of hydrogen-bond acceptors (Lipinski definition) is 1. The molecule has 0 bridgehead atoms. The molecule has 6 rings (SSSR count). The first kappa shape index (κ1) is 15.0. The molecular weight excluding hydrogens is 399 g/mol. The van der Waals surface area contributed by atoms with E-state index >= 15 is 0 Å². The predicted molar refractivity (Wildman–Crippen MR) is 118 cm³/mol. The van der Waals surface area contributed by atoms with Crippen molar-refractivity contribution < 1.29 is 0 Å². The average Bonchev–Trinajstić information content (AvgIpc) is 3.33. The normalized spacial score (nSPS) is 14.3. The van der Waals surface area contributed by atoms with Crippen LogP contribution in [0.3, 0.4) is 0 Å². The first-order chi connectivity index (χ1) is 12.7. The first-order valence-electron chi connectivity index (χ1n) is 8.90. The maximum atomic E-state index is 2.41. The van der Waals surface area contributed by atoms with Crippen molar-refractivity contribution >= 4 is 72.7 Å². The summed E-state index contributed by atoms with van der Waals surface area (Å²) in [5, 5.41) is 8.22. The molecule has 124 valence electrons. The first-order valence-corrected chi connectivity index (χ1v) is 11.4. The summed E-state index contributed by atoms with van der Waals surface area (Å²) in [5.41, 5.74) is 1.45. The van der Waals surface area contributed by atoms with Gasteiger partial charge < -0.3 is 0 Å². The summed E-state index contributed by atoms with van der Waals surface area (Å²) in [6.45, 7) is 2.25. The molecule has 0 unspecified atom stereocenters. The van der Waals surface area contributed by atoms with Gasteiger partial charge in [-0.05, 0) is 0 Å². The van der Waals surface area contributed by atoms with Crippen LogP contribution in [0.2, 0.25) is 0 Å². The fraction of sp³-hybridized carbons (Fsp3) is 0.0833. The Labute approximate surface area is 161 Å². The van der Waals surface area contributed by atoms with E-state index in [-0.39, 0.29) is 0 Å². The van der Waals surface area contributed by atoms with E-state index in [1.807, 2.05) is 11.3 Å². The van der Waals surface area contributed by atoms with E-state index in [9.17, 15) is 0 Å². The van der Waals surface area contributed by atoms with Crippen molar-refractivity contribution in [2.75, 3.05) is 0 Å². The summed E-state index contributed by atoms with van der Waals surface area (Å²) >= 11 is 2.43. The van der Waals surface area contributed by atoms with Gasteiger partial charge in [-0.15, -0.1) is 0 Å². The van der Waals surface area contributed by atoms with Crippen LogP contribution < -0.4 is 0 Å². The summed E-state index contributed by atoms with van der Waals surface area (Å²) in [6.07, 6.45) is 7.72. The minimum atomic E-state index is 0.508. The Hall–Kier alpha value is -2.12. The van der Waals surface area contributed by atoms with Gasteiger partial charge in [0.25, 0.3) is 0 Å². The van der Waals surface area contributed by atoms with E-state index in [0.29, 0.717) is 14.5 Å². The topological polar surface area (TPSA) is 0 Å². The molecule has 1 aliphatic rings. The van der Waals surface area contributed by atoms with Crippen LogP contribution in [-0.4, -0.2) is 14.5 Å². The average molecular weight is 415 g/mol. The zero-order valence-corrected chi connectivity index (χ0v) is 16.9. The molecule has 1 aliphatic carbocycles. The van der Waals surface area contributed by atoms with Crippen LogP contribution in [0.25, 0.3) is 46.9 Å². The van der Waals surface area contributed by atoms with Crippen molar-refractivity contribution in [2.24, 2.45) is 0 Å². The van der Waals surface area contributed by atoms with E-state index in [0.717, 1.165) is 6.42 Å². The number of aryl methyl sites for hydroxylation is 1. The van der Waals surface area contributed by atoms with Crippen LogP contribution in [0, 0.1) is 6.92 Å². The van der Waals surface area contributed by atoms with Gasteiger partial charge in [-0.2, -0.15) is 0 Å². The SMILES string of the molecule is Cc1cc2cc3cc4cc5cc(C6=CC=CC6)sc5cc4cc3cc2[se]1. The Morgan fingerprint density at radius 1 is 0.769 bits per heavy atom. The summed E-state index contributed by atoms with van der Waals surface area (Å²) in [5.74, 6) is 0. The van der Waals surface area contributed by atoms with Gasteiger partial charge in [-0.3, -0.25) is 0 Å². The van der Waals surface area contributed by atoms with E-state index < -0.39 is 0 Å². The molecule has 2 heterocycles. The maximum absolute atomic E-state index is 2.41. The molecule has 2 aromatic heterocycles. The fourth-order valence-electron chi connectivity index (χ4n) is 4.00. The van der Waals surface area contributed by atoms with Crippen LogP contribution in [0.15, 0.2) is 66.8 Å². The van der Waals surface area contributed by atoms with E-state index in [1.54, 1.807) is 0 Å². The number of thiophene rings is 1. The second-order valence-electron chi connectivity index (χ2n) is 7.12. The molecule has 3 aromatic carbocycles. The van der Waals surface area contributed by atoms with Gasteiger partial charge in [0.1, 0.15) is 0 Å². The molecule has 0 amide bonds. The van der Waals surface area contributed by atoms with Gasteiger partial charge >= 0.3 is 162 Å². The molecule has 0 aliphatic heterocycles. The summed E-state index contributed by atoms with van der Waals surface area (Å²) in [4.78, 5) is 1.41. The Kier molecular flexibility index (Phi) is 3.13. The van der Waals surface area contributed by atoms with Crippen molar-refractivity contribution in [3.8, 4) is 0 Å². The molecule has 26 heavy (non-hydrogen) atoms. The Bertz CT molecular complexity index is 1320. The molecule has 2 heteroatoms. The molecule has 0 nitrogen and oxygen atoms in total. The zero-order valence-electron chi connectivity index (χ0n) is 14.4. The van der Waals surface area contributed by atoms with Crippen LogP contribution in [0.1, 0.15) is 15.7 Å². The van der Waals surface area contributed by atoms with Gasteiger partial charge in [0.2, 0.25) is 0 Å². The molecule has 5 aromatic rings. The Morgan fingerprint density at radius 3 is 2.31 bits per heavy atom. The molecule has 0 radical (unpaired) electrons. The number of allylic oxidation sites excluding steroid dienone is 4. The fourth-order valence-corrected chi connectivity index (χ4v) is 7.13. The van der Waals surface area contributed by atoms with Crippen molar-refractivity contribution in [3.63, 3.8) is 0 Å². The predicted octanol–water partition coefficient (Wildman–Crippen LogP) is 7.07. The second kappa shape index (κ2) is 5.44. The third-order valence-corrected chi connectivity index (χ3v) is 8.58. The Morgan fingerprint density at radius 2 is 1.50 bits per heavy atom.